The molecule has 8 heteroatoms. The van der Waals surface area contributed by atoms with Crippen LogP contribution >= 0.6 is 0 Å². The van der Waals surface area contributed by atoms with Gasteiger partial charge in [0.25, 0.3) is 5.91 Å². The molecule has 0 aliphatic heterocycles. The fraction of sp³-hybridized carbons (Fsp3) is 0.154. The molecule has 0 saturated carbocycles. The highest BCUT2D eigenvalue weighted by atomic mass is 19.1. The van der Waals surface area contributed by atoms with Crippen LogP contribution in [0.4, 0.5) is 10.1 Å². The van der Waals surface area contributed by atoms with E-state index in [1.54, 1.807) is 37.3 Å². The highest BCUT2D eigenvalue weighted by Crippen LogP contribution is 2.33. The number of hydrogen-bond donors (Lipinski definition) is 2. The number of nitrogens with two attached hydrogens (primary N) is 1. The van der Waals surface area contributed by atoms with Crippen molar-refractivity contribution in [3.8, 4) is 0 Å². The lowest BCUT2D eigenvalue weighted by Crippen LogP contribution is -2.37. The van der Waals surface area contributed by atoms with Crippen LogP contribution in [0.1, 0.15) is 67.7 Å². The van der Waals surface area contributed by atoms with Crippen LogP contribution in [-0.4, -0.2) is 29.5 Å². The minimum atomic E-state index is -1.18. The second-order valence-corrected chi connectivity index (χ2v) is 7.98. The third-order valence-electron chi connectivity index (χ3n) is 5.74. The predicted molar refractivity (Wildman–Crippen MR) is 122 cm³/mol. The maximum absolute atomic E-state index is 13.1. The average Bonchev–Trinajstić information content (AvgIpc) is 2.82. The minimum Gasteiger partial charge on any atom is -0.449 e. The molecule has 172 valence electrons. The molecule has 2 atom stereocenters. The van der Waals surface area contributed by atoms with Crippen LogP contribution in [0.3, 0.4) is 0 Å². The molecule has 0 saturated heterocycles. The van der Waals surface area contributed by atoms with E-state index >= 15 is 0 Å². The number of fused-ring (bicyclic) bond motifs is 2. The first-order valence-corrected chi connectivity index (χ1v) is 10.6. The molecular weight excluding hydrogens is 439 g/mol. The lowest BCUT2D eigenvalue weighted by Gasteiger charge is -2.21. The Labute approximate surface area is 194 Å². The number of nitrogen functional groups attached to an aromatic ring is 1. The molecule has 2 unspecified atom stereocenters. The van der Waals surface area contributed by atoms with Crippen molar-refractivity contribution < 1.29 is 28.3 Å². The van der Waals surface area contributed by atoms with E-state index in [4.69, 9.17) is 10.5 Å². The summed E-state index contributed by atoms with van der Waals surface area (Å²) in [6, 6.07) is 14.2. The monoisotopic (exact) mass is 460 g/mol. The van der Waals surface area contributed by atoms with Gasteiger partial charge >= 0.3 is 5.97 Å². The number of hydrogen-bond acceptors (Lipinski definition) is 6. The molecule has 7 nitrogen and oxygen atoms in total. The molecule has 1 aliphatic rings. The molecule has 1 aliphatic carbocycles. The summed E-state index contributed by atoms with van der Waals surface area (Å²) < 4.78 is 18.4. The Morgan fingerprint density at radius 3 is 2.15 bits per heavy atom. The Morgan fingerprint density at radius 2 is 1.50 bits per heavy atom. The molecule has 3 N–H and O–H groups in total. The summed E-state index contributed by atoms with van der Waals surface area (Å²) >= 11 is 0. The zero-order valence-electron chi connectivity index (χ0n) is 18.4. The number of anilines is 1. The zero-order valence-corrected chi connectivity index (χ0v) is 18.4. The maximum atomic E-state index is 13.1. The summed E-state index contributed by atoms with van der Waals surface area (Å²) in [5, 5.41) is 2.69. The Morgan fingerprint density at radius 1 is 0.882 bits per heavy atom. The summed E-state index contributed by atoms with van der Waals surface area (Å²) in [6.45, 7) is 3.10. The molecule has 1 amide bonds. The van der Waals surface area contributed by atoms with Gasteiger partial charge in [0.2, 0.25) is 0 Å². The zero-order chi connectivity index (χ0) is 24.6. The molecule has 3 aromatic rings. The number of amides is 1. The summed E-state index contributed by atoms with van der Waals surface area (Å²) in [7, 11) is 0. The quantitative estimate of drug-likeness (QED) is 0.347. The van der Waals surface area contributed by atoms with Gasteiger partial charge in [-0.3, -0.25) is 14.4 Å². The summed E-state index contributed by atoms with van der Waals surface area (Å²) in [4.78, 5) is 51.1. The van der Waals surface area contributed by atoms with Gasteiger partial charge in [-0.1, -0.05) is 36.4 Å². The maximum Gasteiger partial charge on any atom is 0.341 e. The number of ketones is 2. The first-order chi connectivity index (χ1) is 16.2. The van der Waals surface area contributed by atoms with Gasteiger partial charge in [-0.05, 0) is 43.7 Å². The Kier molecular flexibility index (Phi) is 5.98. The molecule has 0 heterocycles. The van der Waals surface area contributed by atoms with Crippen molar-refractivity contribution in [1.82, 2.24) is 5.32 Å². The second kappa shape index (κ2) is 8.90. The first-order valence-electron chi connectivity index (χ1n) is 10.6. The topological polar surface area (TPSA) is 116 Å². The lowest BCUT2D eigenvalue weighted by atomic mass is 9.82. The SMILES string of the molecule is CC(OC(=O)c1ccc2c(c1N)C(=O)c1ccccc1C2=O)C(=O)NC(C)c1ccc(F)cc1. The van der Waals surface area contributed by atoms with Crippen molar-refractivity contribution >= 4 is 29.1 Å². The first kappa shape index (κ1) is 22.8. The van der Waals surface area contributed by atoms with Crippen LogP contribution in [0, 0.1) is 5.82 Å². The van der Waals surface area contributed by atoms with Crippen molar-refractivity contribution in [3.05, 3.63) is 99.9 Å². The number of carbonyl (C=O) groups excluding carboxylic acids is 4. The largest absolute Gasteiger partial charge is 0.449 e. The average molecular weight is 460 g/mol. The van der Waals surface area contributed by atoms with E-state index in [-0.39, 0.29) is 39.3 Å². The fourth-order valence-corrected chi connectivity index (χ4v) is 3.83. The van der Waals surface area contributed by atoms with E-state index in [0.29, 0.717) is 5.56 Å². The van der Waals surface area contributed by atoms with Gasteiger partial charge in [0.05, 0.1) is 22.9 Å². The van der Waals surface area contributed by atoms with Crippen LogP contribution in [0.15, 0.2) is 60.7 Å². The third kappa shape index (κ3) is 4.05. The van der Waals surface area contributed by atoms with Gasteiger partial charge < -0.3 is 15.8 Å². The van der Waals surface area contributed by atoms with E-state index in [0.717, 1.165) is 0 Å². The normalized spacial score (nSPS) is 14.0. The molecule has 3 aromatic carbocycles. The number of nitrogens with one attached hydrogen (secondary N) is 1. The van der Waals surface area contributed by atoms with Crippen LogP contribution in [0.5, 0.6) is 0 Å². The van der Waals surface area contributed by atoms with Gasteiger partial charge in [-0.15, -0.1) is 0 Å². The van der Waals surface area contributed by atoms with Gasteiger partial charge in [0, 0.05) is 16.7 Å². The molecule has 0 fully saturated rings. The van der Waals surface area contributed by atoms with E-state index in [9.17, 15) is 23.6 Å². The summed E-state index contributed by atoms with van der Waals surface area (Å²) in [6.07, 6.45) is -1.18. The highest BCUT2D eigenvalue weighted by molar-refractivity contribution is 6.30. The highest BCUT2D eigenvalue weighted by Gasteiger charge is 2.33. The number of benzene rings is 3. The van der Waals surface area contributed by atoms with Crippen molar-refractivity contribution in [2.75, 3.05) is 5.73 Å². The van der Waals surface area contributed by atoms with Gasteiger partial charge in [0.15, 0.2) is 17.7 Å². The van der Waals surface area contributed by atoms with E-state index in [1.165, 1.54) is 37.3 Å². The second-order valence-electron chi connectivity index (χ2n) is 7.98. The van der Waals surface area contributed by atoms with Crippen LogP contribution < -0.4 is 11.1 Å². The number of carbonyl (C=O) groups is 4. The standard InChI is InChI=1S/C26H21FN2O5/c1-13(15-7-9-16(27)10-8-15)29-25(32)14(2)34-26(33)20-12-11-19-21(22(20)28)24(31)18-6-4-3-5-17(18)23(19)30/h3-14H,28H2,1-2H3,(H,29,32). The van der Waals surface area contributed by atoms with Gasteiger partial charge in [-0.25, -0.2) is 9.18 Å². The molecule has 4 rings (SSSR count). The number of esters is 1. The van der Waals surface area contributed by atoms with E-state index < -0.39 is 35.6 Å². The Hall–Kier alpha value is -4.33. The number of ether oxygens (including phenoxy) is 1. The number of halogens is 1. The van der Waals surface area contributed by atoms with Crippen molar-refractivity contribution in [2.45, 2.75) is 26.0 Å². The smallest absolute Gasteiger partial charge is 0.341 e. The Balaban J connectivity index is 1.51. The van der Waals surface area contributed by atoms with E-state index in [2.05, 4.69) is 5.32 Å². The molecule has 0 bridgehead atoms. The van der Waals surface area contributed by atoms with E-state index in [1.807, 2.05) is 0 Å². The molecular formula is C26H21FN2O5. The summed E-state index contributed by atoms with van der Waals surface area (Å²) in [5.74, 6) is -2.69. The summed E-state index contributed by atoms with van der Waals surface area (Å²) in [5.41, 5.74) is 7.04. The van der Waals surface area contributed by atoms with Crippen LogP contribution in [0.25, 0.3) is 0 Å². The van der Waals surface area contributed by atoms with Crippen LogP contribution in [0.2, 0.25) is 0 Å². The van der Waals surface area contributed by atoms with Crippen molar-refractivity contribution in [2.24, 2.45) is 0 Å². The van der Waals surface area contributed by atoms with Gasteiger partial charge in [-0.2, -0.15) is 0 Å². The molecule has 0 spiro atoms. The predicted octanol–water partition coefficient (Wildman–Crippen LogP) is 3.61. The minimum absolute atomic E-state index is 0.0554. The number of rotatable bonds is 5. The molecule has 0 radical (unpaired) electrons. The van der Waals surface area contributed by atoms with Crippen LogP contribution in [-0.2, 0) is 9.53 Å². The molecule has 0 aromatic heterocycles. The third-order valence-corrected chi connectivity index (χ3v) is 5.74. The van der Waals surface area contributed by atoms with Crippen molar-refractivity contribution in [1.29, 1.82) is 0 Å². The molecule has 34 heavy (non-hydrogen) atoms. The van der Waals surface area contributed by atoms with Gasteiger partial charge in [0.1, 0.15) is 5.82 Å². The lowest BCUT2D eigenvalue weighted by molar-refractivity contribution is -0.129. The van der Waals surface area contributed by atoms with Crippen molar-refractivity contribution in [3.63, 3.8) is 0 Å². The Bertz CT molecular complexity index is 1330. The fourth-order valence-electron chi connectivity index (χ4n) is 3.83.